The molecule has 1 atom stereocenters. The molecule has 3 heteroatoms. The van der Waals surface area contributed by atoms with Crippen LogP contribution in [0.2, 0.25) is 0 Å². The summed E-state index contributed by atoms with van der Waals surface area (Å²) in [5.41, 5.74) is 1.84. The quantitative estimate of drug-likeness (QED) is 0.737. The number of nitrogens with zero attached hydrogens (tertiary/aromatic N) is 1. The fourth-order valence-corrected chi connectivity index (χ4v) is 2.03. The van der Waals surface area contributed by atoms with E-state index in [0.29, 0.717) is 6.04 Å². The van der Waals surface area contributed by atoms with Gasteiger partial charge in [0.15, 0.2) is 6.29 Å². The number of rotatable bonds is 2. The summed E-state index contributed by atoms with van der Waals surface area (Å²) in [6, 6.07) is 8.25. The van der Waals surface area contributed by atoms with E-state index in [1.54, 1.807) is 0 Å². The number of aldehydes is 1. The molecule has 0 saturated carbocycles. The topological polar surface area (TPSA) is 32.3 Å². The summed E-state index contributed by atoms with van der Waals surface area (Å²) in [5, 5.41) is 3.39. The molecule has 1 unspecified atom stereocenters. The number of hydrogen-bond acceptors (Lipinski definition) is 3. The van der Waals surface area contributed by atoms with Crippen LogP contribution < -0.4 is 10.2 Å². The van der Waals surface area contributed by atoms with Crippen LogP contribution in [0.4, 0.5) is 5.69 Å². The second kappa shape index (κ2) is 4.45. The van der Waals surface area contributed by atoms with Gasteiger partial charge in [-0.1, -0.05) is 12.1 Å². The number of carbonyl (C=O) groups excluding carboxylic acids is 1. The summed E-state index contributed by atoms with van der Waals surface area (Å²) in [6.07, 6.45) is 0.933. The van der Waals surface area contributed by atoms with Gasteiger partial charge in [-0.15, -0.1) is 0 Å². The minimum atomic E-state index is 0.485. The van der Waals surface area contributed by atoms with Crippen molar-refractivity contribution in [2.75, 3.05) is 24.5 Å². The Balaban J connectivity index is 2.24. The van der Waals surface area contributed by atoms with Crippen molar-refractivity contribution in [1.82, 2.24) is 5.32 Å². The minimum Gasteiger partial charge on any atom is -0.368 e. The van der Waals surface area contributed by atoms with Gasteiger partial charge in [-0.3, -0.25) is 4.79 Å². The highest BCUT2D eigenvalue weighted by Crippen LogP contribution is 2.19. The number of para-hydroxylation sites is 1. The highest BCUT2D eigenvalue weighted by molar-refractivity contribution is 5.84. The van der Waals surface area contributed by atoms with Crippen LogP contribution >= 0.6 is 0 Å². The third kappa shape index (κ3) is 2.18. The number of carbonyl (C=O) groups is 1. The SMILES string of the molecule is CC1CN(c2ccccc2C=O)CCN1. The standard InChI is InChI=1S/C12H16N2O/c1-10-8-14(7-6-13-10)12-5-3-2-4-11(12)9-15/h2-5,9-10,13H,6-8H2,1H3. The van der Waals surface area contributed by atoms with E-state index in [0.717, 1.165) is 37.2 Å². The first-order valence-electron chi connectivity index (χ1n) is 5.34. The summed E-state index contributed by atoms with van der Waals surface area (Å²) in [7, 11) is 0. The third-order valence-electron chi connectivity index (χ3n) is 2.77. The van der Waals surface area contributed by atoms with Gasteiger partial charge in [0.05, 0.1) is 0 Å². The van der Waals surface area contributed by atoms with Gasteiger partial charge in [0.25, 0.3) is 0 Å². The van der Waals surface area contributed by atoms with Crippen molar-refractivity contribution in [3.05, 3.63) is 29.8 Å². The van der Waals surface area contributed by atoms with Gasteiger partial charge in [0, 0.05) is 36.9 Å². The first-order valence-corrected chi connectivity index (χ1v) is 5.34. The lowest BCUT2D eigenvalue weighted by molar-refractivity contribution is 0.112. The monoisotopic (exact) mass is 204 g/mol. The molecule has 1 aromatic rings. The zero-order valence-electron chi connectivity index (χ0n) is 8.94. The maximum absolute atomic E-state index is 10.9. The molecule has 0 amide bonds. The number of anilines is 1. The lowest BCUT2D eigenvalue weighted by Crippen LogP contribution is -2.49. The fourth-order valence-electron chi connectivity index (χ4n) is 2.03. The first kappa shape index (κ1) is 10.2. The molecule has 15 heavy (non-hydrogen) atoms. The van der Waals surface area contributed by atoms with E-state index in [4.69, 9.17) is 0 Å². The average Bonchev–Trinajstić information content (AvgIpc) is 2.29. The van der Waals surface area contributed by atoms with Gasteiger partial charge in [-0.05, 0) is 19.1 Å². The van der Waals surface area contributed by atoms with Crippen molar-refractivity contribution >= 4 is 12.0 Å². The molecule has 0 aromatic heterocycles. The molecule has 1 aliphatic rings. The molecular formula is C12H16N2O. The Morgan fingerprint density at radius 3 is 3.00 bits per heavy atom. The van der Waals surface area contributed by atoms with E-state index in [-0.39, 0.29) is 0 Å². The lowest BCUT2D eigenvalue weighted by atomic mass is 10.1. The highest BCUT2D eigenvalue weighted by atomic mass is 16.1. The molecule has 1 aromatic carbocycles. The molecule has 0 spiro atoms. The van der Waals surface area contributed by atoms with Gasteiger partial charge >= 0.3 is 0 Å². The van der Waals surface area contributed by atoms with Crippen LogP contribution in [0, 0.1) is 0 Å². The molecule has 1 aliphatic heterocycles. The van der Waals surface area contributed by atoms with E-state index < -0.39 is 0 Å². The highest BCUT2D eigenvalue weighted by Gasteiger charge is 2.17. The van der Waals surface area contributed by atoms with Crippen LogP contribution in [0.15, 0.2) is 24.3 Å². The zero-order valence-corrected chi connectivity index (χ0v) is 8.94. The summed E-state index contributed by atoms with van der Waals surface area (Å²) >= 11 is 0. The lowest BCUT2D eigenvalue weighted by Gasteiger charge is -2.34. The van der Waals surface area contributed by atoms with E-state index >= 15 is 0 Å². The Morgan fingerprint density at radius 1 is 1.47 bits per heavy atom. The predicted octanol–water partition coefficient (Wildman–Crippen LogP) is 1.30. The van der Waals surface area contributed by atoms with Gasteiger partial charge < -0.3 is 10.2 Å². The summed E-state index contributed by atoms with van der Waals surface area (Å²) in [5.74, 6) is 0. The van der Waals surface area contributed by atoms with Crippen LogP contribution in [0.3, 0.4) is 0 Å². The van der Waals surface area contributed by atoms with Gasteiger partial charge in [-0.2, -0.15) is 0 Å². The van der Waals surface area contributed by atoms with Crippen molar-refractivity contribution in [3.8, 4) is 0 Å². The average molecular weight is 204 g/mol. The normalized spacial score (nSPS) is 21.4. The minimum absolute atomic E-state index is 0.485. The smallest absolute Gasteiger partial charge is 0.152 e. The maximum Gasteiger partial charge on any atom is 0.152 e. The largest absolute Gasteiger partial charge is 0.368 e. The third-order valence-corrected chi connectivity index (χ3v) is 2.77. The van der Waals surface area contributed by atoms with Gasteiger partial charge in [0.2, 0.25) is 0 Å². The van der Waals surface area contributed by atoms with Crippen molar-refractivity contribution < 1.29 is 4.79 Å². The zero-order chi connectivity index (χ0) is 10.7. The molecule has 1 saturated heterocycles. The first-order chi connectivity index (χ1) is 7.31. The van der Waals surface area contributed by atoms with Gasteiger partial charge in [-0.25, -0.2) is 0 Å². The van der Waals surface area contributed by atoms with Gasteiger partial charge in [0.1, 0.15) is 0 Å². The van der Waals surface area contributed by atoms with Crippen LogP contribution in [0.5, 0.6) is 0 Å². The van der Waals surface area contributed by atoms with Crippen LogP contribution in [-0.4, -0.2) is 32.0 Å². The second-order valence-corrected chi connectivity index (χ2v) is 3.98. The molecule has 1 N–H and O–H groups in total. The fraction of sp³-hybridized carbons (Fsp3) is 0.417. The van der Waals surface area contributed by atoms with E-state index in [1.165, 1.54) is 0 Å². The van der Waals surface area contributed by atoms with Crippen LogP contribution in [0.25, 0.3) is 0 Å². The van der Waals surface area contributed by atoms with Crippen LogP contribution in [0.1, 0.15) is 17.3 Å². The van der Waals surface area contributed by atoms with E-state index in [1.807, 2.05) is 24.3 Å². The summed E-state index contributed by atoms with van der Waals surface area (Å²) in [6.45, 7) is 5.07. The Morgan fingerprint density at radius 2 is 2.27 bits per heavy atom. The number of piperazine rings is 1. The number of benzene rings is 1. The Bertz CT molecular complexity index is 351. The van der Waals surface area contributed by atoms with Crippen molar-refractivity contribution in [3.63, 3.8) is 0 Å². The molecule has 80 valence electrons. The summed E-state index contributed by atoms with van der Waals surface area (Å²) in [4.78, 5) is 13.2. The second-order valence-electron chi connectivity index (χ2n) is 3.98. The molecule has 0 bridgehead atoms. The van der Waals surface area contributed by atoms with Crippen LogP contribution in [-0.2, 0) is 0 Å². The molecule has 1 heterocycles. The number of hydrogen-bond donors (Lipinski definition) is 1. The van der Waals surface area contributed by atoms with Crippen molar-refractivity contribution in [1.29, 1.82) is 0 Å². The molecule has 0 radical (unpaired) electrons. The Labute approximate surface area is 90.1 Å². The Hall–Kier alpha value is -1.35. The number of nitrogens with one attached hydrogen (secondary N) is 1. The summed E-state index contributed by atoms with van der Waals surface area (Å²) < 4.78 is 0. The molecular weight excluding hydrogens is 188 g/mol. The predicted molar refractivity (Wildman–Crippen MR) is 61.5 cm³/mol. The Kier molecular flexibility index (Phi) is 3.02. The molecule has 3 nitrogen and oxygen atoms in total. The maximum atomic E-state index is 10.9. The van der Waals surface area contributed by atoms with Crippen molar-refractivity contribution in [2.45, 2.75) is 13.0 Å². The molecule has 2 rings (SSSR count). The van der Waals surface area contributed by atoms with Crippen molar-refractivity contribution in [2.24, 2.45) is 0 Å². The molecule has 0 aliphatic carbocycles. The molecule has 1 fully saturated rings. The van der Waals surface area contributed by atoms with E-state index in [9.17, 15) is 4.79 Å². The van der Waals surface area contributed by atoms with E-state index in [2.05, 4.69) is 17.1 Å².